The van der Waals surface area contributed by atoms with Crippen LogP contribution in [0.1, 0.15) is 27.7 Å². The highest BCUT2D eigenvalue weighted by Crippen LogP contribution is 2.47. The minimum atomic E-state index is -3.44. The lowest BCUT2D eigenvalue weighted by atomic mass is 10.4. The molecule has 0 aromatic carbocycles. The first kappa shape index (κ1) is 18.8. The van der Waals surface area contributed by atoms with Crippen LogP contribution in [0.3, 0.4) is 0 Å². The quantitative estimate of drug-likeness (QED) is 0.367. The van der Waals surface area contributed by atoms with E-state index in [2.05, 4.69) is 0 Å². The van der Waals surface area contributed by atoms with Crippen molar-refractivity contribution in [1.29, 1.82) is 0 Å². The molecule has 0 bridgehead atoms. The molecule has 116 valence electrons. The summed E-state index contributed by atoms with van der Waals surface area (Å²) in [4.78, 5) is 22.5. The number of ether oxygens (including phenoxy) is 2. The van der Waals surface area contributed by atoms with E-state index in [0.29, 0.717) is 0 Å². The molecule has 0 spiro atoms. The highest BCUT2D eigenvalue weighted by Gasteiger charge is 2.25. The first-order valence-corrected chi connectivity index (χ1v) is 7.99. The summed E-state index contributed by atoms with van der Waals surface area (Å²) in [6, 6.07) is 0. The summed E-state index contributed by atoms with van der Waals surface area (Å²) in [6.07, 6.45) is 1.05. The van der Waals surface area contributed by atoms with Gasteiger partial charge in [0.1, 0.15) is 0 Å². The Morgan fingerprint density at radius 3 is 2.00 bits per heavy atom. The van der Waals surface area contributed by atoms with Gasteiger partial charge in [-0.2, -0.15) is 0 Å². The smallest absolute Gasteiger partial charge is 0.367 e. The molecule has 0 amide bonds. The molecule has 20 heavy (non-hydrogen) atoms. The van der Waals surface area contributed by atoms with Gasteiger partial charge in [-0.15, -0.1) is 0 Å². The van der Waals surface area contributed by atoms with Crippen molar-refractivity contribution in [2.75, 3.05) is 19.6 Å². The van der Waals surface area contributed by atoms with E-state index in [1.807, 2.05) is 0 Å². The fourth-order valence-corrected chi connectivity index (χ4v) is 2.40. The second kappa shape index (κ2) is 9.69. The van der Waals surface area contributed by atoms with Crippen LogP contribution in [0.25, 0.3) is 0 Å². The maximum absolute atomic E-state index is 12.0. The van der Waals surface area contributed by atoms with Crippen molar-refractivity contribution in [2.45, 2.75) is 33.8 Å². The summed E-state index contributed by atoms with van der Waals surface area (Å²) in [6.45, 7) is 7.01. The van der Waals surface area contributed by atoms with Gasteiger partial charge < -0.3 is 18.5 Å². The predicted octanol–water partition coefficient (Wildman–Crippen LogP) is 2.26. The number of hydrogen-bond donors (Lipinski definition) is 0. The molecule has 0 aliphatic heterocycles. The van der Waals surface area contributed by atoms with Gasteiger partial charge in [0.2, 0.25) is 0 Å². The molecule has 0 saturated heterocycles. The Morgan fingerprint density at radius 1 is 1.05 bits per heavy atom. The van der Waals surface area contributed by atoms with Gasteiger partial charge in [-0.1, -0.05) is 0 Å². The second-order valence-electron chi connectivity index (χ2n) is 3.86. The fraction of sp³-hybridized carbons (Fsp3) is 0.667. The van der Waals surface area contributed by atoms with Crippen molar-refractivity contribution >= 4 is 19.5 Å². The zero-order valence-corrected chi connectivity index (χ0v) is 13.1. The average molecular weight is 308 g/mol. The second-order valence-corrected chi connectivity index (χ2v) is 5.85. The van der Waals surface area contributed by atoms with Crippen LogP contribution in [0.4, 0.5) is 0 Å². The van der Waals surface area contributed by atoms with Crippen molar-refractivity contribution in [3.63, 3.8) is 0 Å². The monoisotopic (exact) mass is 308 g/mol. The Morgan fingerprint density at radius 2 is 1.55 bits per heavy atom. The lowest BCUT2D eigenvalue weighted by Crippen LogP contribution is -2.10. The molecule has 0 fully saturated rings. The van der Waals surface area contributed by atoms with Crippen molar-refractivity contribution in [1.82, 2.24) is 0 Å². The molecule has 0 N–H and O–H groups in total. The van der Waals surface area contributed by atoms with Crippen molar-refractivity contribution in [3.8, 4) is 0 Å². The summed E-state index contributed by atoms with van der Waals surface area (Å²) in [5, 5.41) is 0. The van der Waals surface area contributed by atoms with Gasteiger partial charge in [0.25, 0.3) is 0 Å². The van der Waals surface area contributed by atoms with E-state index in [1.54, 1.807) is 27.7 Å². The molecule has 0 aromatic rings. The molecular formula is C12H21O7P. The Hall–Kier alpha value is -1.17. The molecule has 0 aliphatic carbocycles. The maximum Gasteiger partial charge on any atom is 0.367 e. The third-order valence-electron chi connectivity index (χ3n) is 1.72. The Labute approximate surface area is 118 Å². The third-order valence-corrected chi connectivity index (χ3v) is 3.47. The molecule has 0 unspecified atom stereocenters. The molecule has 0 aromatic heterocycles. The Bertz CT molecular complexity index is 379. The van der Waals surface area contributed by atoms with E-state index >= 15 is 0 Å². The molecule has 7 nitrogen and oxygen atoms in total. The molecule has 0 rings (SSSR count). The van der Waals surface area contributed by atoms with Crippen LogP contribution >= 0.6 is 7.60 Å². The minimum absolute atomic E-state index is 0.172. The summed E-state index contributed by atoms with van der Waals surface area (Å²) < 4.78 is 31.3. The zero-order valence-electron chi connectivity index (χ0n) is 12.2. The maximum atomic E-state index is 12.0. The van der Waals surface area contributed by atoms with Crippen LogP contribution in [0.15, 0.2) is 12.2 Å². The van der Waals surface area contributed by atoms with Gasteiger partial charge in [0.05, 0.1) is 19.3 Å². The number of rotatable bonds is 9. The van der Waals surface area contributed by atoms with E-state index < -0.39 is 25.9 Å². The summed E-state index contributed by atoms with van der Waals surface area (Å²) >= 11 is 0. The van der Waals surface area contributed by atoms with Crippen LogP contribution in [0.2, 0.25) is 0 Å². The van der Waals surface area contributed by atoms with E-state index in [1.165, 1.54) is 0 Å². The van der Waals surface area contributed by atoms with Gasteiger partial charge in [-0.05, 0) is 27.7 Å². The van der Waals surface area contributed by atoms with Gasteiger partial charge in [-0.25, -0.2) is 9.59 Å². The van der Waals surface area contributed by atoms with Gasteiger partial charge in [0.15, 0.2) is 6.35 Å². The van der Waals surface area contributed by atoms with Crippen molar-refractivity contribution < 1.29 is 32.7 Å². The molecule has 0 atom stereocenters. The van der Waals surface area contributed by atoms with Gasteiger partial charge in [-0.3, -0.25) is 4.57 Å². The Balaban J connectivity index is 4.29. The van der Waals surface area contributed by atoms with Gasteiger partial charge in [0, 0.05) is 12.2 Å². The topological polar surface area (TPSA) is 88.1 Å². The fourth-order valence-electron chi connectivity index (χ4n) is 1.10. The average Bonchev–Trinajstić information content (AvgIpc) is 2.34. The molecule has 0 saturated carbocycles. The largest absolute Gasteiger partial charge is 0.460 e. The molecule has 0 radical (unpaired) electrons. The van der Waals surface area contributed by atoms with E-state index in [9.17, 15) is 14.2 Å². The normalized spacial score (nSPS) is 11.8. The van der Waals surface area contributed by atoms with Gasteiger partial charge >= 0.3 is 19.5 Å². The minimum Gasteiger partial charge on any atom is -0.460 e. The standard InChI is InChI=1S/C12H21O7P/c1-5-17-20(15,18-6-2)9-16-11(13)7-8-12(14)19-10(3)4/h7-8,10H,5-6,9H2,1-4H3. The van der Waals surface area contributed by atoms with Crippen LogP contribution in [0, 0.1) is 0 Å². The SMILES string of the molecule is CCOP(=O)(COC(=O)C=CC(=O)OC(C)C)OCC. The number of hydrogen-bond acceptors (Lipinski definition) is 7. The molecule has 8 heteroatoms. The van der Waals surface area contributed by atoms with Crippen LogP contribution < -0.4 is 0 Å². The van der Waals surface area contributed by atoms with Crippen LogP contribution in [0.5, 0.6) is 0 Å². The molecule has 0 heterocycles. The lowest BCUT2D eigenvalue weighted by molar-refractivity contribution is -0.142. The van der Waals surface area contributed by atoms with Crippen LogP contribution in [-0.4, -0.2) is 37.6 Å². The number of carbonyl (C=O) groups excluding carboxylic acids is 2. The summed E-state index contributed by atoms with van der Waals surface area (Å²) in [5.74, 6) is -1.49. The van der Waals surface area contributed by atoms with Crippen LogP contribution in [-0.2, 0) is 32.7 Å². The first-order chi connectivity index (χ1) is 9.33. The van der Waals surface area contributed by atoms with Crippen molar-refractivity contribution in [3.05, 3.63) is 12.2 Å². The highest BCUT2D eigenvalue weighted by atomic mass is 31.2. The zero-order chi connectivity index (χ0) is 15.6. The predicted molar refractivity (Wildman–Crippen MR) is 72.2 cm³/mol. The number of esters is 2. The van der Waals surface area contributed by atoms with E-state index in [-0.39, 0.29) is 19.3 Å². The highest BCUT2D eigenvalue weighted by molar-refractivity contribution is 7.53. The van der Waals surface area contributed by atoms with E-state index in [0.717, 1.165) is 12.2 Å². The molecular weight excluding hydrogens is 287 g/mol. The third kappa shape index (κ3) is 8.85. The number of carbonyl (C=O) groups is 2. The van der Waals surface area contributed by atoms with Crippen molar-refractivity contribution in [2.24, 2.45) is 0 Å². The summed E-state index contributed by atoms with van der Waals surface area (Å²) in [7, 11) is -3.44. The lowest BCUT2D eigenvalue weighted by Gasteiger charge is -2.16. The Kier molecular flexibility index (Phi) is 9.12. The summed E-state index contributed by atoms with van der Waals surface area (Å²) in [5.41, 5.74) is 0. The van der Waals surface area contributed by atoms with E-state index in [4.69, 9.17) is 18.5 Å². The molecule has 0 aliphatic rings. The first-order valence-electron chi connectivity index (χ1n) is 6.26.